The lowest BCUT2D eigenvalue weighted by Crippen LogP contribution is -2.61. The predicted molar refractivity (Wildman–Crippen MR) is 123 cm³/mol. The van der Waals surface area contributed by atoms with Crippen molar-refractivity contribution < 1.29 is 13.9 Å². The Morgan fingerprint density at radius 2 is 2.06 bits per heavy atom. The first-order chi connectivity index (χ1) is 16.3. The van der Waals surface area contributed by atoms with Gasteiger partial charge in [-0.1, -0.05) is 0 Å². The molecule has 10 heteroatoms. The van der Waals surface area contributed by atoms with Crippen LogP contribution in [0.5, 0.6) is 5.88 Å². The van der Waals surface area contributed by atoms with E-state index in [1.54, 1.807) is 25.4 Å². The maximum absolute atomic E-state index is 14.7. The molecule has 0 radical (unpaired) electrons. The molecule has 2 aliphatic heterocycles. The normalized spacial score (nSPS) is 24.0. The molecule has 0 aromatic carbocycles. The van der Waals surface area contributed by atoms with E-state index in [1.807, 2.05) is 0 Å². The van der Waals surface area contributed by atoms with Crippen molar-refractivity contribution in [1.29, 1.82) is 0 Å². The molecule has 0 amide bonds. The third-order valence-electron chi connectivity index (χ3n) is 7.39. The molecule has 0 atom stereocenters. The molecule has 3 aliphatic rings. The lowest BCUT2D eigenvalue weighted by molar-refractivity contribution is -0.165. The van der Waals surface area contributed by atoms with Gasteiger partial charge < -0.3 is 19.4 Å². The number of aromatic amines is 1. The van der Waals surface area contributed by atoms with Gasteiger partial charge in [0.25, 0.3) is 5.56 Å². The molecule has 9 nitrogen and oxygen atoms in total. The van der Waals surface area contributed by atoms with Crippen molar-refractivity contribution in [3.05, 3.63) is 62.3 Å². The average Bonchev–Trinajstić information content (AvgIpc) is 2.86. The fourth-order valence-corrected chi connectivity index (χ4v) is 5.12. The van der Waals surface area contributed by atoms with Crippen LogP contribution in [0.3, 0.4) is 0 Å². The number of nitrogens with zero attached hydrogens (tertiary/aromatic N) is 3. The van der Waals surface area contributed by atoms with E-state index < -0.39 is 5.69 Å². The van der Waals surface area contributed by atoms with Crippen molar-refractivity contribution in [2.24, 2.45) is 7.05 Å². The second-order valence-corrected chi connectivity index (χ2v) is 9.44. The number of ether oxygens (including phenoxy) is 2. The molecule has 34 heavy (non-hydrogen) atoms. The number of aryl methyl sites for hydroxylation is 2. The van der Waals surface area contributed by atoms with Crippen molar-refractivity contribution in [3.63, 3.8) is 0 Å². The minimum atomic E-state index is -0.428. The van der Waals surface area contributed by atoms with Gasteiger partial charge in [-0.2, -0.15) is 0 Å². The monoisotopic (exact) mass is 469 g/mol. The van der Waals surface area contributed by atoms with Crippen molar-refractivity contribution >= 4 is 11.0 Å². The summed E-state index contributed by atoms with van der Waals surface area (Å²) in [7, 11) is 3.14. The minimum Gasteiger partial charge on any atom is -0.481 e. The number of hydrogen-bond donors (Lipinski definition) is 2. The van der Waals surface area contributed by atoms with Crippen LogP contribution < -0.4 is 21.3 Å². The van der Waals surface area contributed by atoms with E-state index in [4.69, 9.17) is 9.47 Å². The van der Waals surface area contributed by atoms with Crippen molar-refractivity contribution in [3.8, 4) is 5.88 Å². The quantitative estimate of drug-likeness (QED) is 0.544. The Kier molecular flexibility index (Phi) is 5.73. The minimum absolute atomic E-state index is 0.202. The Bertz CT molecular complexity index is 1330. The number of halogens is 1. The summed E-state index contributed by atoms with van der Waals surface area (Å²) in [5, 5.41) is 3.51. The molecular formula is C24H28FN5O4. The van der Waals surface area contributed by atoms with Crippen LogP contribution in [0.1, 0.15) is 43.2 Å². The molecule has 0 spiro atoms. The maximum Gasteiger partial charge on any atom is 0.328 e. The topological polar surface area (TPSA) is 111 Å². The first kappa shape index (κ1) is 22.7. The Labute approximate surface area is 195 Å². The lowest BCUT2D eigenvalue weighted by atomic mass is 9.69. The number of aromatic nitrogens is 4. The van der Waals surface area contributed by atoms with Crippen LogP contribution in [0, 0.1) is 5.82 Å². The second-order valence-electron chi connectivity index (χ2n) is 9.44. The summed E-state index contributed by atoms with van der Waals surface area (Å²) in [6, 6.07) is 3.51. The predicted octanol–water partition coefficient (Wildman–Crippen LogP) is 1.97. The number of hydrogen-bond acceptors (Lipinski definition) is 7. The standard InChI is InChI=1S/C24H28FN5O4/c1-30-13-15(21(31)29-22(30)32)11-27-23-7-9-24(10-8-23,34-14-23)6-5-16-17(25)12-26-18-3-4-19(33-2)28-20(16)18/h3-4,12-13,27H,5-11,14H2,1-2H3,(H,29,31,32). The largest absolute Gasteiger partial charge is 0.481 e. The zero-order chi connectivity index (χ0) is 23.9. The molecule has 1 aliphatic carbocycles. The summed E-state index contributed by atoms with van der Waals surface area (Å²) in [4.78, 5) is 34.6. The van der Waals surface area contributed by atoms with Gasteiger partial charge in [-0.15, -0.1) is 0 Å². The van der Waals surface area contributed by atoms with Crippen LogP contribution in [0.15, 0.2) is 34.1 Å². The van der Waals surface area contributed by atoms with Crippen molar-refractivity contribution in [2.75, 3.05) is 13.7 Å². The van der Waals surface area contributed by atoms with Gasteiger partial charge >= 0.3 is 5.69 Å². The SMILES string of the molecule is COc1ccc2ncc(F)c(CCC34CCC(NCc5cn(C)c(=O)[nH]c5=O)(CC3)CO4)c2n1. The molecule has 2 bridgehead atoms. The summed E-state index contributed by atoms with van der Waals surface area (Å²) in [6.45, 7) is 0.893. The zero-order valence-electron chi connectivity index (χ0n) is 19.3. The van der Waals surface area contributed by atoms with Gasteiger partial charge in [0.15, 0.2) is 0 Å². The number of rotatable bonds is 7. The zero-order valence-corrected chi connectivity index (χ0v) is 19.3. The van der Waals surface area contributed by atoms with E-state index in [-0.39, 0.29) is 22.5 Å². The van der Waals surface area contributed by atoms with E-state index in [0.29, 0.717) is 54.0 Å². The van der Waals surface area contributed by atoms with Crippen LogP contribution in [0.2, 0.25) is 0 Å². The Morgan fingerprint density at radius 3 is 2.76 bits per heavy atom. The highest BCUT2D eigenvalue weighted by Crippen LogP contribution is 2.46. The molecule has 0 unspecified atom stereocenters. The molecular weight excluding hydrogens is 441 g/mol. The first-order valence-electron chi connectivity index (χ1n) is 11.5. The fourth-order valence-electron chi connectivity index (χ4n) is 5.12. The van der Waals surface area contributed by atoms with Gasteiger partial charge in [-0.25, -0.2) is 14.2 Å². The molecule has 2 N–H and O–H groups in total. The number of fused-ring (bicyclic) bond motifs is 4. The van der Waals surface area contributed by atoms with E-state index in [0.717, 1.165) is 25.7 Å². The highest BCUT2D eigenvalue weighted by atomic mass is 19.1. The van der Waals surface area contributed by atoms with Crippen molar-refractivity contribution in [1.82, 2.24) is 24.8 Å². The van der Waals surface area contributed by atoms with Crippen LogP contribution in [-0.2, 0) is 24.8 Å². The third-order valence-corrected chi connectivity index (χ3v) is 7.39. The summed E-state index contributed by atoms with van der Waals surface area (Å²) in [6.07, 6.45) is 7.53. The number of pyridine rings is 2. The second kappa shape index (κ2) is 8.59. The molecule has 3 aromatic heterocycles. The van der Waals surface area contributed by atoms with Crippen LogP contribution in [0.4, 0.5) is 4.39 Å². The lowest BCUT2D eigenvalue weighted by Gasteiger charge is -2.53. The Morgan fingerprint density at radius 1 is 1.26 bits per heavy atom. The van der Waals surface area contributed by atoms with Gasteiger partial charge in [0, 0.05) is 42.5 Å². The molecule has 180 valence electrons. The fraction of sp³-hybridized carbons (Fsp3) is 0.500. The Balaban J connectivity index is 1.26. The van der Waals surface area contributed by atoms with Gasteiger partial charge in [0.05, 0.1) is 36.5 Å². The Hall–Kier alpha value is -3.11. The molecule has 5 heterocycles. The number of nitrogens with one attached hydrogen (secondary N) is 2. The number of H-pyrrole nitrogens is 1. The summed E-state index contributed by atoms with van der Waals surface area (Å²) >= 11 is 0. The van der Waals surface area contributed by atoms with Gasteiger partial charge in [-0.3, -0.25) is 14.8 Å². The van der Waals surface area contributed by atoms with Crippen LogP contribution >= 0.6 is 0 Å². The smallest absolute Gasteiger partial charge is 0.328 e. The van der Waals surface area contributed by atoms with Gasteiger partial charge in [0.1, 0.15) is 5.82 Å². The summed E-state index contributed by atoms with van der Waals surface area (Å²) < 4.78 is 27.7. The van der Waals surface area contributed by atoms with Crippen LogP contribution in [-0.4, -0.2) is 44.4 Å². The first-order valence-corrected chi connectivity index (χ1v) is 11.5. The highest BCUT2D eigenvalue weighted by molar-refractivity contribution is 5.78. The van der Waals surface area contributed by atoms with Gasteiger partial charge in [-0.05, 0) is 44.6 Å². The maximum atomic E-state index is 14.7. The number of methoxy groups -OCH3 is 1. The molecule has 1 saturated carbocycles. The molecule has 3 aromatic rings. The van der Waals surface area contributed by atoms with Crippen molar-refractivity contribution in [2.45, 2.75) is 56.2 Å². The van der Waals surface area contributed by atoms with Crippen LogP contribution in [0.25, 0.3) is 11.0 Å². The van der Waals surface area contributed by atoms with E-state index in [9.17, 15) is 14.0 Å². The average molecular weight is 470 g/mol. The van der Waals surface area contributed by atoms with E-state index >= 15 is 0 Å². The van der Waals surface area contributed by atoms with Gasteiger partial charge in [0.2, 0.25) is 5.88 Å². The molecule has 3 fully saturated rings. The van der Waals surface area contributed by atoms with E-state index in [1.165, 1.54) is 17.9 Å². The van der Waals surface area contributed by atoms with E-state index in [2.05, 4.69) is 20.3 Å². The highest BCUT2D eigenvalue weighted by Gasteiger charge is 2.49. The third kappa shape index (κ3) is 4.12. The summed E-state index contributed by atoms with van der Waals surface area (Å²) in [5.41, 5.74) is 0.928. The molecule has 2 saturated heterocycles. The molecule has 6 rings (SSSR count). The summed E-state index contributed by atoms with van der Waals surface area (Å²) in [5.74, 6) is 0.0637.